The third kappa shape index (κ3) is 4.33. The monoisotopic (exact) mass is 320 g/mol. The van der Waals surface area contributed by atoms with Gasteiger partial charge in [-0.05, 0) is 45.6 Å². The molecule has 0 atom stereocenters. The smallest absolute Gasteiger partial charge is 0.0503 e. The van der Waals surface area contributed by atoms with E-state index in [4.69, 9.17) is 4.74 Å². The molecule has 0 unspecified atom stereocenters. The minimum atomic E-state index is 0.733. The van der Waals surface area contributed by atoms with Gasteiger partial charge < -0.3 is 10.1 Å². The second kappa shape index (κ2) is 7.26. The van der Waals surface area contributed by atoms with E-state index in [0.717, 1.165) is 35.3 Å². The summed E-state index contributed by atoms with van der Waals surface area (Å²) >= 11 is 3.43. The second-order valence-corrected chi connectivity index (χ2v) is 5.18. The summed E-state index contributed by atoms with van der Waals surface area (Å²) in [5.41, 5.74) is 3.57. The zero-order valence-electron chi connectivity index (χ0n) is 10.9. The number of halogens is 1. The van der Waals surface area contributed by atoms with Crippen LogP contribution in [0.4, 0.5) is 5.69 Å². The van der Waals surface area contributed by atoms with Gasteiger partial charge in [0.1, 0.15) is 0 Å². The third-order valence-electron chi connectivity index (χ3n) is 2.84. The number of methoxy groups -OCH3 is 1. The van der Waals surface area contributed by atoms with Gasteiger partial charge in [0.25, 0.3) is 0 Å². The predicted molar refractivity (Wildman–Crippen MR) is 81.3 cm³/mol. The lowest BCUT2D eigenvalue weighted by molar-refractivity contribution is 0.202. The molecule has 0 fully saturated rings. The second-order valence-electron chi connectivity index (χ2n) is 4.26. The molecule has 0 radical (unpaired) electrons. The molecule has 1 N–H and O–H groups in total. The van der Waals surface area contributed by atoms with Crippen molar-refractivity contribution in [3.05, 3.63) is 58.3 Å². The lowest BCUT2D eigenvalue weighted by Crippen LogP contribution is -2.04. The molecule has 0 saturated heterocycles. The van der Waals surface area contributed by atoms with Crippen molar-refractivity contribution in [1.29, 1.82) is 0 Å². The average Bonchev–Trinajstić information content (AvgIpc) is 2.44. The van der Waals surface area contributed by atoms with E-state index in [-0.39, 0.29) is 0 Å². The molecular weight excluding hydrogens is 304 g/mol. The van der Waals surface area contributed by atoms with E-state index >= 15 is 0 Å². The summed E-state index contributed by atoms with van der Waals surface area (Å²) in [6.07, 6.45) is 4.57. The van der Waals surface area contributed by atoms with E-state index < -0.39 is 0 Å². The van der Waals surface area contributed by atoms with Crippen molar-refractivity contribution >= 4 is 21.6 Å². The number of nitrogens with one attached hydrogen (secondary N) is 1. The van der Waals surface area contributed by atoms with Crippen LogP contribution in [0.2, 0.25) is 0 Å². The highest BCUT2D eigenvalue weighted by molar-refractivity contribution is 9.10. The first-order valence-corrected chi connectivity index (χ1v) is 6.99. The number of pyridine rings is 1. The summed E-state index contributed by atoms with van der Waals surface area (Å²) in [4.78, 5) is 4.16. The number of hydrogen-bond acceptors (Lipinski definition) is 3. The lowest BCUT2D eigenvalue weighted by Gasteiger charge is -2.11. The maximum Gasteiger partial charge on any atom is 0.0503 e. The van der Waals surface area contributed by atoms with Crippen molar-refractivity contribution in [2.75, 3.05) is 19.0 Å². The Hall–Kier alpha value is -1.39. The first-order chi connectivity index (χ1) is 9.29. The molecule has 0 aliphatic carbocycles. The Morgan fingerprint density at radius 1 is 1.26 bits per heavy atom. The molecule has 0 amide bonds. The summed E-state index contributed by atoms with van der Waals surface area (Å²) in [5, 5.41) is 3.45. The van der Waals surface area contributed by atoms with E-state index in [2.05, 4.69) is 50.5 Å². The van der Waals surface area contributed by atoms with E-state index in [0.29, 0.717) is 0 Å². The number of para-hydroxylation sites is 1. The molecule has 0 saturated carbocycles. The molecule has 19 heavy (non-hydrogen) atoms. The largest absolute Gasteiger partial charge is 0.384 e. The van der Waals surface area contributed by atoms with E-state index in [1.807, 2.05) is 12.3 Å². The van der Waals surface area contributed by atoms with E-state index in [1.165, 1.54) is 5.56 Å². The summed E-state index contributed by atoms with van der Waals surface area (Å²) in [6, 6.07) is 10.4. The van der Waals surface area contributed by atoms with Gasteiger partial charge in [-0.2, -0.15) is 0 Å². The summed E-state index contributed by atoms with van der Waals surface area (Å²) in [5.74, 6) is 0. The minimum Gasteiger partial charge on any atom is -0.384 e. The summed E-state index contributed by atoms with van der Waals surface area (Å²) in [7, 11) is 1.73. The Bertz CT molecular complexity index is 531. The number of nitrogens with zero attached hydrogens (tertiary/aromatic N) is 1. The van der Waals surface area contributed by atoms with Gasteiger partial charge in [0.15, 0.2) is 0 Å². The summed E-state index contributed by atoms with van der Waals surface area (Å²) in [6.45, 7) is 1.49. The fourth-order valence-electron chi connectivity index (χ4n) is 1.87. The topological polar surface area (TPSA) is 34.1 Å². The normalized spacial score (nSPS) is 10.4. The van der Waals surface area contributed by atoms with Crippen LogP contribution in [0.3, 0.4) is 0 Å². The average molecular weight is 321 g/mol. The molecule has 1 aromatic heterocycles. The Balaban J connectivity index is 2.02. The molecule has 0 spiro atoms. The minimum absolute atomic E-state index is 0.733. The highest BCUT2D eigenvalue weighted by atomic mass is 79.9. The van der Waals surface area contributed by atoms with E-state index in [9.17, 15) is 0 Å². The number of ether oxygens (including phenoxy) is 1. The van der Waals surface area contributed by atoms with Gasteiger partial charge >= 0.3 is 0 Å². The van der Waals surface area contributed by atoms with Gasteiger partial charge in [0.05, 0.1) is 6.61 Å². The lowest BCUT2D eigenvalue weighted by atomic mass is 10.1. The zero-order valence-corrected chi connectivity index (χ0v) is 12.5. The zero-order chi connectivity index (χ0) is 13.5. The number of hydrogen-bond donors (Lipinski definition) is 1. The first kappa shape index (κ1) is 14.0. The molecule has 2 rings (SSSR count). The Morgan fingerprint density at radius 2 is 2.11 bits per heavy atom. The fourth-order valence-corrected chi connectivity index (χ4v) is 2.28. The Labute approximate surface area is 122 Å². The maximum absolute atomic E-state index is 5.14. The highest BCUT2D eigenvalue weighted by Crippen LogP contribution is 2.17. The number of anilines is 1. The molecule has 1 aromatic carbocycles. The molecule has 100 valence electrons. The van der Waals surface area contributed by atoms with Crippen molar-refractivity contribution in [3.8, 4) is 0 Å². The SMILES string of the molecule is COCCc1ccccc1NCc1cncc(Br)c1. The van der Waals surface area contributed by atoms with Crippen LogP contribution in [0.5, 0.6) is 0 Å². The van der Waals surface area contributed by atoms with Crippen LogP contribution in [0.1, 0.15) is 11.1 Å². The highest BCUT2D eigenvalue weighted by Gasteiger charge is 2.02. The van der Waals surface area contributed by atoms with Gasteiger partial charge in [-0.15, -0.1) is 0 Å². The third-order valence-corrected chi connectivity index (χ3v) is 3.27. The molecule has 2 aromatic rings. The van der Waals surface area contributed by atoms with Gasteiger partial charge in [-0.25, -0.2) is 0 Å². The Morgan fingerprint density at radius 3 is 2.89 bits per heavy atom. The fraction of sp³-hybridized carbons (Fsp3) is 0.267. The quantitative estimate of drug-likeness (QED) is 0.882. The molecule has 0 bridgehead atoms. The van der Waals surface area contributed by atoms with Crippen LogP contribution in [0.25, 0.3) is 0 Å². The molecule has 3 nitrogen and oxygen atoms in total. The van der Waals surface area contributed by atoms with Gasteiger partial charge in [-0.1, -0.05) is 18.2 Å². The van der Waals surface area contributed by atoms with E-state index in [1.54, 1.807) is 13.3 Å². The van der Waals surface area contributed by atoms with Gasteiger partial charge in [0, 0.05) is 36.2 Å². The predicted octanol–water partition coefficient (Wildman–Crippen LogP) is 3.65. The molecule has 4 heteroatoms. The van der Waals surface area contributed by atoms with Crippen molar-refractivity contribution in [1.82, 2.24) is 4.98 Å². The molecule has 1 heterocycles. The Kier molecular flexibility index (Phi) is 5.36. The van der Waals surface area contributed by atoms with Crippen molar-refractivity contribution < 1.29 is 4.74 Å². The van der Waals surface area contributed by atoms with Crippen LogP contribution in [-0.2, 0) is 17.7 Å². The van der Waals surface area contributed by atoms with Crippen molar-refractivity contribution in [3.63, 3.8) is 0 Å². The molecule has 0 aliphatic heterocycles. The number of benzene rings is 1. The van der Waals surface area contributed by atoms with Crippen LogP contribution in [0, 0.1) is 0 Å². The number of rotatable bonds is 6. The standard InChI is InChI=1S/C15H17BrN2O/c1-19-7-6-13-4-2-3-5-15(13)18-10-12-8-14(16)11-17-9-12/h2-5,8-9,11,18H,6-7,10H2,1H3. The van der Waals surface area contributed by atoms with Gasteiger partial charge in [-0.3, -0.25) is 4.98 Å². The summed E-state index contributed by atoms with van der Waals surface area (Å²) < 4.78 is 6.13. The van der Waals surface area contributed by atoms with Crippen LogP contribution in [0.15, 0.2) is 47.2 Å². The van der Waals surface area contributed by atoms with Gasteiger partial charge in [0.2, 0.25) is 0 Å². The van der Waals surface area contributed by atoms with Crippen molar-refractivity contribution in [2.45, 2.75) is 13.0 Å². The molecule has 0 aliphatic rings. The van der Waals surface area contributed by atoms with Crippen LogP contribution < -0.4 is 5.32 Å². The first-order valence-electron chi connectivity index (χ1n) is 6.20. The maximum atomic E-state index is 5.14. The van der Waals surface area contributed by atoms with Crippen molar-refractivity contribution in [2.24, 2.45) is 0 Å². The van der Waals surface area contributed by atoms with Crippen LogP contribution >= 0.6 is 15.9 Å². The molecular formula is C15H17BrN2O. The van der Waals surface area contributed by atoms with Crippen LogP contribution in [-0.4, -0.2) is 18.7 Å². The number of aromatic nitrogens is 1.